The van der Waals surface area contributed by atoms with E-state index in [0.717, 1.165) is 0 Å². The molecular weight excluding hydrogens is 251 g/mol. The first-order chi connectivity index (χ1) is 7.40. The van der Waals surface area contributed by atoms with Crippen molar-refractivity contribution in [1.82, 2.24) is 9.97 Å². The summed E-state index contributed by atoms with van der Waals surface area (Å²) in [6, 6.07) is 0.797. The highest BCUT2D eigenvalue weighted by Crippen LogP contribution is 2.14. The molecule has 0 fully saturated rings. The van der Waals surface area contributed by atoms with Crippen molar-refractivity contribution in [3.05, 3.63) is 16.5 Å². The molecule has 0 spiro atoms. The van der Waals surface area contributed by atoms with Crippen LogP contribution in [0.1, 0.15) is 13.8 Å². The molecule has 1 rings (SSSR count). The third kappa shape index (κ3) is 3.59. The summed E-state index contributed by atoms with van der Waals surface area (Å²) in [4.78, 5) is 19.1. The molecule has 1 heterocycles. The van der Waals surface area contributed by atoms with Crippen LogP contribution in [0.2, 0.25) is 10.4 Å². The van der Waals surface area contributed by atoms with Gasteiger partial charge in [0, 0.05) is 6.07 Å². The maximum atomic E-state index is 11.6. The van der Waals surface area contributed by atoms with Crippen molar-refractivity contribution in [2.24, 2.45) is 11.7 Å². The number of amides is 1. The predicted octanol–water partition coefficient (Wildman–Crippen LogP) is 1.71. The molecule has 1 amide bonds. The molecule has 88 valence electrons. The van der Waals surface area contributed by atoms with Gasteiger partial charge in [-0.25, -0.2) is 9.97 Å². The summed E-state index contributed by atoms with van der Waals surface area (Å²) in [6.45, 7) is 3.70. The van der Waals surface area contributed by atoms with E-state index in [1.165, 1.54) is 6.07 Å². The molecule has 0 unspecified atom stereocenters. The van der Waals surface area contributed by atoms with E-state index in [2.05, 4.69) is 15.3 Å². The topological polar surface area (TPSA) is 80.9 Å². The average Bonchev–Trinajstić information content (AvgIpc) is 2.14. The van der Waals surface area contributed by atoms with Gasteiger partial charge in [-0.1, -0.05) is 25.4 Å². The minimum atomic E-state index is -0.604. The van der Waals surface area contributed by atoms with Crippen LogP contribution >= 0.6 is 23.2 Å². The minimum absolute atomic E-state index is 0.0269. The fourth-order valence-corrected chi connectivity index (χ4v) is 1.38. The van der Waals surface area contributed by atoms with Crippen molar-refractivity contribution in [2.45, 2.75) is 19.9 Å². The number of nitrogens with one attached hydrogen (secondary N) is 1. The Morgan fingerprint density at radius 1 is 1.44 bits per heavy atom. The third-order valence-corrected chi connectivity index (χ3v) is 2.30. The van der Waals surface area contributed by atoms with Crippen molar-refractivity contribution in [1.29, 1.82) is 0 Å². The molecule has 5 nitrogen and oxygen atoms in total. The summed E-state index contributed by atoms with van der Waals surface area (Å²) in [6.07, 6.45) is 0. The van der Waals surface area contributed by atoms with Gasteiger partial charge in [0.15, 0.2) is 0 Å². The normalized spacial score (nSPS) is 12.6. The number of hydrogen-bond donors (Lipinski definition) is 2. The van der Waals surface area contributed by atoms with Crippen molar-refractivity contribution >= 4 is 34.9 Å². The van der Waals surface area contributed by atoms with Crippen LogP contribution < -0.4 is 11.1 Å². The number of nitrogens with two attached hydrogens (primary N) is 1. The van der Waals surface area contributed by atoms with Gasteiger partial charge in [0.05, 0.1) is 6.04 Å². The van der Waals surface area contributed by atoms with Gasteiger partial charge in [-0.15, -0.1) is 0 Å². The monoisotopic (exact) mass is 262 g/mol. The standard InChI is InChI=1S/C9H12Cl2N4O/c1-4(2)7(12)8(16)14-6-3-5(10)13-9(11)15-6/h3-4,7H,12H2,1-2H3,(H,13,14,15,16)/t7-/m1/s1. The highest BCUT2D eigenvalue weighted by Gasteiger charge is 2.17. The van der Waals surface area contributed by atoms with Gasteiger partial charge in [0.2, 0.25) is 11.2 Å². The van der Waals surface area contributed by atoms with Crippen LogP contribution in [-0.2, 0) is 4.79 Å². The molecule has 0 saturated carbocycles. The summed E-state index contributed by atoms with van der Waals surface area (Å²) < 4.78 is 0. The lowest BCUT2D eigenvalue weighted by Crippen LogP contribution is -2.39. The number of carbonyl (C=O) groups is 1. The van der Waals surface area contributed by atoms with E-state index in [-0.39, 0.29) is 28.1 Å². The molecule has 16 heavy (non-hydrogen) atoms. The summed E-state index contributed by atoms with van der Waals surface area (Å²) in [7, 11) is 0. The van der Waals surface area contributed by atoms with Crippen molar-refractivity contribution in [3.8, 4) is 0 Å². The van der Waals surface area contributed by atoms with Gasteiger partial charge in [-0.3, -0.25) is 4.79 Å². The molecular formula is C9H12Cl2N4O. The first-order valence-electron chi connectivity index (χ1n) is 4.66. The Morgan fingerprint density at radius 2 is 2.06 bits per heavy atom. The SMILES string of the molecule is CC(C)[C@@H](N)C(=O)Nc1cc(Cl)nc(Cl)n1. The van der Waals surface area contributed by atoms with Crippen LogP contribution in [0.15, 0.2) is 6.07 Å². The Labute approximate surface area is 103 Å². The molecule has 1 atom stereocenters. The Hall–Kier alpha value is -0.910. The fourth-order valence-electron chi connectivity index (χ4n) is 0.966. The van der Waals surface area contributed by atoms with Crippen LogP contribution in [-0.4, -0.2) is 21.9 Å². The molecule has 0 aliphatic heterocycles. The van der Waals surface area contributed by atoms with Gasteiger partial charge in [-0.2, -0.15) is 0 Å². The van der Waals surface area contributed by atoms with E-state index < -0.39 is 6.04 Å². The molecule has 1 aromatic heterocycles. The number of rotatable bonds is 3. The fraction of sp³-hybridized carbons (Fsp3) is 0.444. The number of halogens is 2. The maximum absolute atomic E-state index is 11.6. The lowest BCUT2D eigenvalue weighted by atomic mass is 10.1. The summed E-state index contributed by atoms with van der Waals surface area (Å²) in [5.41, 5.74) is 5.66. The predicted molar refractivity (Wildman–Crippen MR) is 63.5 cm³/mol. The smallest absolute Gasteiger partial charge is 0.242 e. The van der Waals surface area contributed by atoms with E-state index in [1.54, 1.807) is 0 Å². The second-order valence-electron chi connectivity index (χ2n) is 3.60. The second kappa shape index (κ2) is 5.43. The minimum Gasteiger partial charge on any atom is -0.320 e. The van der Waals surface area contributed by atoms with Crippen molar-refractivity contribution < 1.29 is 4.79 Å². The molecule has 0 saturated heterocycles. The van der Waals surface area contributed by atoms with Gasteiger partial charge in [0.1, 0.15) is 11.0 Å². The summed E-state index contributed by atoms with van der Waals surface area (Å²) in [5, 5.41) is 2.65. The van der Waals surface area contributed by atoms with E-state index >= 15 is 0 Å². The molecule has 7 heteroatoms. The quantitative estimate of drug-likeness (QED) is 0.642. The first-order valence-corrected chi connectivity index (χ1v) is 5.42. The molecule has 0 aliphatic rings. The molecule has 0 bridgehead atoms. The number of nitrogens with zero attached hydrogens (tertiary/aromatic N) is 2. The lowest BCUT2D eigenvalue weighted by Gasteiger charge is -2.14. The van der Waals surface area contributed by atoms with Crippen LogP contribution in [0.5, 0.6) is 0 Å². The zero-order valence-electron chi connectivity index (χ0n) is 8.87. The number of aromatic nitrogens is 2. The number of hydrogen-bond acceptors (Lipinski definition) is 4. The molecule has 1 aromatic rings. The van der Waals surface area contributed by atoms with E-state index in [9.17, 15) is 4.79 Å². The van der Waals surface area contributed by atoms with Gasteiger partial charge in [0.25, 0.3) is 0 Å². The number of carbonyl (C=O) groups excluding carboxylic acids is 1. The zero-order chi connectivity index (χ0) is 12.3. The molecule has 0 aliphatic carbocycles. The lowest BCUT2D eigenvalue weighted by molar-refractivity contribution is -0.118. The number of anilines is 1. The molecule has 3 N–H and O–H groups in total. The molecule has 0 aromatic carbocycles. The summed E-state index contributed by atoms with van der Waals surface area (Å²) in [5.74, 6) is -0.0558. The van der Waals surface area contributed by atoms with E-state index in [0.29, 0.717) is 0 Å². The first kappa shape index (κ1) is 13.2. The maximum Gasteiger partial charge on any atom is 0.242 e. The highest BCUT2D eigenvalue weighted by molar-refractivity contribution is 6.32. The third-order valence-electron chi connectivity index (χ3n) is 1.94. The van der Waals surface area contributed by atoms with Crippen LogP contribution in [0.3, 0.4) is 0 Å². The highest BCUT2D eigenvalue weighted by atomic mass is 35.5. The van der Waals surface area contributed by atoms with Gasteiger partial charge < -0.3 is 11.1 Å². The molecule has 0 radical (unpaired) electrons. The van der Waals surface area contributed by atoms with Crippen LogP contribution in [0, 0.1) is 5.92 Å². The summed E-state index contributed by atoms with van der Waals surface area (Å²) >= 11 is 11.2. The zero-order valence-corrected chi connectivity index (χ0v) is 10.4. The average molecular weight is 263 g/mol. The Bertz CT molecular complexity index is 377. The Kier molecular flexibility index (Phi) is 4.46. The van der Waals surface area contributed by atoms with Gasteiger partial charge in [-0.05, 0) is 17.5 Å². The van der Waals surface area contributed by atoms with E-state index in [1.807, 2.05) is 13.8 Å². The van der Waals surface area contributed by atoms with Crippen molar-refractivity contribution in [3.63, 3.8) is 0 Å². The van der Waals surface area contributed by atoms with Crippen molar-refractivity contribution in [2.75, 3.05) is 5.32 Å². The Balaban J connectivity index is 2.77. The van der Waals surface area contributed by atoms with Crippen LogP contribution in [0.25, 0.3) is 0 Å². The Morgan fingerprint density at radius 3 is 2.56 bits per heavy atom. The second-order valence-corrected chi connectivity index (χ2v) is 4.33. The van der Waals surface area contributed by atoms with Crippen LogP contribution in [0.4, 0.5) is 5.82 Å². The van der Waals surface area contributed by atoms with Gasteiger partial charge >= 0.3 is 0 Å². The largest absolute Gasteiger partial charge is 0.320 e. The van der Waals surface area contributed by atoms with E-state index in [4.69, 9.17) is 28.9 Å².